The highest BCUT2D eigenvalue weighted by molar-refractivity contribution is 6.32. The first-order valence-corrected chi connectivity index (χ1v) is 13.3. The Balaban J connectivity index is 1.61. The summed E-state index contributed by atoms with van der Waals surface area (Å²) in [7, 11) is 0. The average Bonchev–Trinajstić information content (AvgIpc) is 2.88. The molecule has 2 aromatic rings. The van der Waals surface area contributed by atoms with Gasteiger partial charge < -0.3 is 20.1 Å². The van der Waals surface area contributed by atoms with E-state index in [0.717, 1.165) is 11.1 Å². The summed E-state index contributed by atoms with van der Waals surface area (Å²) in [6, 6.07) is 1.82. The van der Waals surface area contributed by atoms with Crippen LogP contribution in [0.2, 0.25) is 5.02 Å². The van der Waals surface area contributed by atoms with Crippen LogP contribution in [0.4, 0.5) is 5.69 Å². The van der Waals surface area contributed by atoms with Crippen LogP contribution in [0.15, 0.2) is 29.5 Å². The monoisotopic (exact) mass is 547 g/mol. The first-order chi connectivity index (χ1) is 17.9. The summed E-state index contributed by atoms with van der Waals surface area (Å²) in [5.74, 6) is 0.769. The van der Waals surface area contributed by atoms with Crippen LogP contribution >= 0.6 is 11.6 Å². The van der Waals surface area contributed by atoms with E-state index >= 15 is 0 Å². The van der Waals surface area contributed by atoms with Crippen LogP contribution in [0.3, 0.4) is 0 Å². The summed E-state index contributed by atoms with van der Waals surface area (Å²) < 4.78 is 11.4. The number of carbonyl (C=O) groups excluding carboxylic acids is 2. The van der Waals surface area contributed by atoms with E-state index in [0.29, 0.717) is 34.8 Å². The molecule has 2 aromatic heterocycles. The van der Waals surface area contributed by atoms with E-state index in [1.165, 1.54) is 12.4 Å². The standard InChI is InChI=1S/C27H38ClN5O5/c1-7-37-24(35)15-38-22-13-29-9-8-19(22)11-30-23(34)14-33-26(36)25(28)21(12-31-33)32-20-10-16(2)27(5,6)18(4)17(20)3/h8-9,12-13,16-18,20,32H,7,10-11,14-15H2,1-6H3,(H,30,34)/t16-,17+,18+,20+/m0/s1. The number of anilines is 1. The minimum absolute atomic E-state index is 0.00826. The molecule has 4 atom stereocenters. The van der Waals surface area contributed by atoms with Gasteiger partial charge in [-0.1, -0.05) is 46.2 Å². The van der Waals surface area contributed by atoms with Gasteiger partial charge in [0.2, 0.25) is 5.91 Å². The van der Waals surface area contributed by atoms with E-state index in [9.17, 15) is 14.4 Å². The Bertz CT molecular complexity index is 1200. The Morgan fingerprint density at radius 3 is 2.68 bits per heavy atom. The molecule has 38 heavy (non-hydrogen) atoms. The van der Waals surface area contributed by atoms with E-state index in [-0.39, 0.29) is 42.8 Å². The van der Waals surface area contributed by atoms with Gasteiger partial charge in [-0.25, -0.2) is 9.48 Å². The van der Waals surface area contributed by atoms with Crippen LogP contribution in [0.5, 0.6) is 5.75 Å². The van der Waals surface area contributed by atoms with E-state index in [2.05, 4.69) is 55.3 Å². The van der Waals surface area contributed by atoms with Gasteiger partial charge in [0.15, 0.2) is 6.61 Å². The molecular formula is C27H38ClN5O5. The van der Waals surface area contributed by atoms with Crippen molar-refractivity contribution in [3.63, 3.8) is 0 Å². The summed E-state index contributed by atoms with van der Waals surface area (Å²) >= 11 is 6.43. The maximum Gasteiger partial charge on any atom is 0.344 e. The zero-order valence-electron chi connectivity index (χ0n) is 22.9. The molecule has 10 nitrogen and oxygen atoms in total. The van der Waals surface area contributed by atoms with Crippen molar-refractivity contribution in [3.05, 3.63) is 45.6 Å². The molecule has 0 aliphatic heterocycles. The first-order valence-electron chi connectivity index (χ1n) is 13.0. The Hall–Kier alpha value is -3.14. The predicted molar refractivity (Wildman–Crippen MR) is 145 cm³/mol. The molecule has 1 aliphatic carbocycles. The van der Waals surface area contributed by atoms with Crippen LogP contribution < -0.4 is 20.9 Å². The molecule has 0 aromatic carbocycles. The summed E-state index contributed by atoms with van der Waals surface area (Å²) in [5.41, 5.74) is 0.771. The van der Waals surface area contributed by atoms with E-state index in [1.54, 1.807) is 19.2 Å². The number of esters is 1. The number of rotatable bonds is 10. The third-order valence-electron chi connectivity index (χ3n) is 8.09. The minimum atomic E-state index is -0.543. The van der Waals surface area contributed by atoms with E-state index in [4.69, 9.17) is 21.1 Å². The molecule has 3 rings (SSSR count). The maximum atomic E-state index is 12.9. The van der Waals surface area contributed by atoms with Crippen molar-refractivity contribution in [3.8, 4) is 5.75 Å². The fourth-order valence-electron chi connectivity index (χ4n) is 4.85. The lowest BCUT2D eigenvalue weighted by Gasteiger charge is -2.50. The molecule has 0 unspecified atom stereocenters. The van der Waals surface area contributed by atoms with Crippen molar-refractivity contribution in [2.24, 2.45) is 23.2 Å². The van der Waals surface area contributed by atoms with E-state index < -0.39 is 17.4 Å². The van der Waals surface area contributed by atoms with Crippen molar-refractivity contribution in [2.45, 2.75) is 67.1 Å². The molecule has 0 spiro atoms. The number of nitrogens with zero attached hydrogens (tertiary/aromatic N) is 3. The lowest BCUT2D eigenvalue weighted by atomic mass is 9.58. The molecule has 11 heteroatoms. The molecule has 1 fully saturated rings. The molecule has 0 radical (unpaired) electrons. The Kier molecular flexibility index (Phi) is 9.76. The number of aromatic nitrogens is 3. The van der Waals surface area contributed by atoms with Crippen LogP contribution in [-0.2, 0) is 27.4 Å². The van der Waals surface area contributed by atoms with Gasteiger partial charge in [0, 0.05) is 24.3 Å². The smallest absolute Gasteiger partial charge is 0.344 e. The van der Waals surface area contributed by atoms with Crippen molar-refractivity contribution in [2.75, 3.05) is 18.5 Å². The molecule has 208 valence electrons. The van der Waals surface area contributed by atoms with Gasteiger partial charge >= 0.3 is 5.97 Å². The van der Waals surface area contributed by atoms with Crippen molar-refractivity contribution in [1.82, 2.24) is 20.1 Å². The number of nitrogens with one attached hydrogen (secondary N) is 2. The topological polar surface area (TPSA) is 124 Å². The van der Waals surface area contributed by atoms with Gasteiger partial charge in [0.1, 0.15) is 17.3 Å². The summed E-state index contributed by atoms with van der Waals surface area (Å²) in [6.07, 6.45) is 5.46. The fourth-order valence-corrected chi connectivity index (χ4v) is 5.05. The number of halogens is 1. The molecule has 2 N–H and O–H groups in total. The zero-order valence-corrected chi connectivity index (χ0v) is 23.7. The number of hydrogen-bond donors (Lipinski definition) is 2. The van der Waals surface area contributed by atoms with Crippen molar-refractivity contribution < 1.29 is 19.1 Å². The maximum absolute atomic E-state index is 12.9. The van der Waals surface area contributed by atoms with Crippen LogP contribution in [0.25, 0.3) is 0 Å². The molecule has 2 heterocycles. The van der Waals surface area contributed by atoms with Crippen LogP contribution in [0.1, 0.15) is 53.5 Å². The molecule has 1 amide bonds. The molecular weight excluding hydrogens is 510 g/mol. The lowest BCUT2D eigenvalue weighted by Crippen LogP contribution is -2.48. The summed E-state index contributed by atoms with van der Waals surface area (Å²) in [4.78, 5) is 41.0. The Morgan fingerprint density at radius 2 is 1.97 bits per heavy atom. The highest BCUT2D eigenvalue weighted by Crippen LogP contribution is 2.48. The van der Waals surface area contributed by atoms with Crippen molar-refractivity contribution in [1.29, 1.82) is 0 Å². The second-order valence-corrected chi connectivity index (χ2v) is 10.9. The molecule has 0 saturated heterocycles. The zero-order chi connectivity index (χ0) is 28.0. The average molecular weight is 548 g/mol. The van der Waals surface area contributed by atoms with Gasteiger partial charge in [0.05, 0.1) is 24.7 Å². The largest absolute Gasteiger partial charge is 0.480 e. The second-order valence-electron chi connectivity index (χ2n) is 10.5. The first kappa shape index (κ1) is 29.4. The summed E-state index contributed by atoms with van der Waals surface area (Å²) in [5, 5.41) is 10.4. The molecule has 0 bridgehead atoms. The quantitative estimate of drug-likeness (QED) is 0.432. The number of hydrogen-bond acceptors (Lipinski definition) is 8. The molecule has 1 aliphatic rings. The van der Waals surface area contributed by atoms with Gasteiger partial charge in [-0.3, -0.25) is 14.6 Å². The number of amides is 1. The third-order valence-corrected chi connectivity index (χ3v) is 8.46. The normalized spacial score (nSPS) is 22.4. The fraction of sp³-hybridized carbons (Fsp3) is 0.593. The highest BCUT2D eigenvalue weighted by Gasteiger charge is 2.43. The number of pyridine rings is 1. The lowest BCUT2D eigenvalue weighted by molar-refractivity contribution is -0.145. The predicted octanol–water partition coefficient (Wildman–Crippen LogP) is 3.67. The van der Waals surface area contributed by atoms with Gasteiger partial charge in [0.25, 0.3) is 5.56 Å². The Morgan fingerprint density at radius 1 is 1.24 bits per heavy atom. The minimum Gasteiger partial charge on any atom is -0.480 e. The Labute approximate surface area is 228 Å². The van der Waals surface area contributed by atoms with Crippen LogP contribution in [-0.4, -0.2) is 45.9 Å². The van der Waals surface area contributed by atoms with Gasteiger partial charge in [-0.05, 0) is 42.6 Å². The van der Waals surface area contributed by atoms with Crippen molar-refractivity contribution >= 4 is 29.2 Å². The molecule has 1 saturated carbocycles. The number of ether oxygens (including phenoxy) is 2. The summed E-state index contributed by atoms with van der Waals surface area (Å²) in [6.45, 7) is 12.9. The second kappa shape index (κ2) is 12.6. The highest BCUT2D eigenvalue weighted by atomic mass is 35.5. The third kappa shape index (κ3) is 6.83. The van der Waals surface area contributed by atoms with Gasteiger partial charge in [-0.2, -0.15) is 5.10 Å². The van der Waals surface area contributed by atoms with Crippen LogP contribution in [0, 0.1) is 23.2 Å². The number of carbonyl (C=O) groups is 2. The SMILES string of the molecule is CCOC(=O)COc1cnccc1CNC(=O)Cn1ncc(N[C@@H]2C[C@H](C)C(C)(C)[C@H](C)[C@H]2C)c(Cl)c1=O. The van der Waals surface area contributed by atoms with Gasteiger partial charge in [-0.15, -0.1) is 0 Å². The van der Waals surface area contributed by atoms with E-state index in [1.807, 2.05) is 0 Å².